The molecule has 1 aromatic carbocycles. The number of hydrogen-bond acceptors (Lipinski definition) is 1. The van der Waals surface area contributed by atoms with Crippen molar-refractivity contribution in [2.24, 2.45) is 0 Å². The van der Waals surface area contributed by atoms with E-state index in [4.69, 9.17) is 12.2 Å². The Bertz CT molecular complexity index is 333. The standard InChI is InChI=1S/C12H16N2S/c1-14(11-8-5-9-11)12(15)13-10-6-3-2-4-7-10/h2-4,6-7,11H,5,8-9H2,1H3,(H,13,15). The van der Waals surface area contributed by atoms with Crippen molar-refractivity contribution in [1.29, 1.82) is 0 Å². The molecule has 0 aromatic heterocycles. The van der Waals surface area contributed by atoms with Crippen LogP contribution in [0.1, 0.15) is 19.3 Å². The Balaban J connectivity index is 1.91. The normalized spacial score (nSPS) is 15.5. The first-order valence-electron chi connectivity index (χ1n) is 5.36. The number of para-hydroxylation sites is 1. The third kappa shape index (κ3) is 2.48. The highest BCUT2D eigenvalue weighted by molar-refractivity contribution is 7.80. The third-order valence-electron chi connectivity index (χ3n) is 2.97. The van der Waals surface area contributed by atoms with Gasteiger partial charge >= 0.3 is 0 Å². The molecular formula is C12H16N2S. The average molecular weight is 220 g/mol. The number of nitrogens with zero attached hydrogens (tertiary/aromatic N) is 1. The fourth-order valence-corrected chi connectivity index (χ4v) is 1.94. The fourth-order valence-electron chi connectivity index (χ4n) is 1.67. The molecule has 15 heavy (non-hydrogen) atoms. The van der Waals surface area contributed by atoms with Crippen LogP contribution < -0.4 is 5.32 Å². The van der Waals surface area contributed by atoms with Crippen LogP contribution in [0.5, 0.6) is 0 Å². The van der Waals surface area contributed by atoms with Crippen molar-refractivity contribution in [2.75, 3.05) is 12.4 Å². The summed E-state index contributed by atoms with van der Waals surface area (Å²) < 4.78 is 0. The van der Waals surface area contributed by atoms with Crippen molar-refractivity contribution >= 4 is 23.0 Å². The molecule has 0 atom stereocenters. The maximum atomic E-state index is 5.35. The largest absolute Gasteiger partial charge is 0.349 e. The molecule has 1 aliphatic carbocycles. The van der Waals surface area contributed by atoms with Gasteiger partial charge in [0.25, 0.3) is 0 Å². The Labute approximate surface area is 96.3 Å². The second-order valence-corrected chi connectivity index (χ2v) is 4.38. The summed E-state index contributed by atoms with van der Waals surface area (Å²) in [7, 11) is 2.07. The lowest BCUT2D eigenvalue weighted by molar-refractivity contribution is 0.243. The molecule has 0 aliphatic heterocycles. The summed E-state index contributed by atoms with van der Waals surface area (Å²) >= 11 is 5.35. The summed E-state index contributed by atoms with van der Waals surface area (Å²) in [5.74, 6) is 0. The monoisotopic (exact) mass is 220 g/mol. The molecule has 0 saturated heterocycles. The van der Waals surface area contributed by atoms with Gasteiger partial charge in [0.1, 0.15) is 0 Å². The highest BCUT2D eigenvalue weighted by Crippen LogP contribution is 2.24. The molecule has 0 unspecified atom stereocenters. The van der Waals surface area contributed by atoms with Crippen molar-refractivity contribution in [3.8, 4) is 0 Å². The predicted molar refractivity (Wildman–Crippen MR) is 68.1 cm³/mol. The van der Waals surface area contributed by atoms with Gasteiger partial charge in [-0.3, -0.25) is 0 Å². The number of rotatable bonds is 2. The van der Waals surface area contributed by atoms with E-state index < -0.39 is 0 Å². The molecule has 1 aromatic rings. The van der Waals surface area contributed by atoms with Crippen LogP contribution in [0, 0.1) is 0 Å². The van der Waals surface area contributed by atoms with E-state index in [0.717, 1.165) is 10.8 Å². The van der Waals surface area contributed by atoms with Gasteiger partial charge in [-0.05, 0) is 43.6 Å². The van der Waals surface area contributed by atoms with Gasteiger partial charge in [0.15, 0.2) is 5.11 Å². The second kappa shape index (κ2) is 4.62. The second-order valence-electron chi connectivity index (χ2n) is 3.99. The lowest BCUT2D eigenvalue weighted by Gasteiger charge is -2.36. The SMILES string of the molecule is CN(C(=S)Nc1ccccc1)C1CCC1. The number of hydrogen-bond donors (Lipinski definition) is 1. The molecular weight excluding hydrogens is 204 g/mol. The van der Waals surface area contributed by atoms with Crippen molar-refractivity contribution in [2.45, 2.75) is 25.3 Å². The maximum Gasteiger partial charge on any atom is 0.173 e. The van der Waals surface area contributed by atoms with Gasteiger partial charge in [-0.2, -0.15) is 0 Å². The van der Waals surface area contributed by atoms with Crippen molar-refractivity contribution < 1.29 is 0 Å². The number of anilines is 1. The quantitative estimate of drug-likeness (QED) is 0.772. The van der Waals surface area contributed by atoms with Crippen LogP contribution in [-0.4, -0.2) is 23.1 Å². The molecule has 0 bridgehead atoms. The van der Waals surface area contributed by atoms with Crippen molar-refractivity contribution in [3.63, 3.8) is 0 Å². The topological polar surface area (TPSA) is 15.3 Å². The number of nitrogens with one attached hydrogen (secondary N) is 1. The van der Waals surface area contributed by atoms with Crippen LogP contribution in [-0.2, 0) is 0 Å². The summed E-state index contributed by atoms with van der Waals surface area (Å²) in [6.07, 6.45) is 3.88. The molecule has 1 aliphatic rings. The lowest BCUT2D eigenvalue weighted by atomic mass is 9.92. The summed E-state index contributed by atoms with van der Waals surface area (Å²) in [5.41, 5.74) is 1.06. The predicted octanol–water partition coefficient (Wildman–Crippen LogP) is 2.87. The molecule has 2 nitrogen and oxygen atoms in total. The van der Waals surface area contributed by atoms with Gasteiger partial charge in [0, 0.05) is 18.8 Å². The first-order valence-corrected chi connectivity index (χ1v) is 5.77. The molecule has 80 valence electrons. The molecule has 0 radical (unpaired) electrons. The van der Waals surface area contributed by atoms with Crippen LogP contribution in [0.15, 0.2) is 30.3 Å². The van der Waals surface area contributed by atoms with Gasteiger partial charge < -0.3 is 10.2 Å². The molecule has 0 spiro atoms. The van der Waals surface area contributed by atoms with E-state index in [-0.39, 0.29) is 0 Å². The Morgan fingerprint density at radius 2 is 2.00 bits per heavy atom. The van der Waals surface area contributed by atoms with Gasteiger partial charge in [-0.25, -0.2) is 0 Å². The van der Waals surface area contributed by atoms with Gasteiger partial charge in [-0.15, -0.1) is 0 Å². The zero-order valence-corrected chi connectivity index (χ0v) is 9.76. The van der Waals surface area contributed by atoms with E-state index in [1.807, 2.05) is 30.3 Å². The van der Waals surface area contributed by atoms with Crippen LogP contribution in [0.3, 0.4) is 0 Å². The maximum absolute atomic E-state index is 5.35. The molecule has 0 heterocycles. The minimum Gasteiger partial charge on any atom is -0.349 e. The smallest absolute Gasteiger partial charge is 0.173 e. The zero-order chi connectivity index (χ0) is 10.7. The van der Waals surface area contributed by atoms with Crippen molar-refractivity contribution in [3.05, 3.63) is 30.3 Å². The van der Waals surface area contributed by atoms with Crippen LogP contribution >= 0.6 is 12.2 Å². The highest BCUT2D eigenvalue weighted by Gasteiger charge is 2.23. The van der Waals surface area contributed by atoms with Crippen molar-refractivity contribution in [1.82, 2.24) is 4.90 Å². The number of thiocarbonyl (C=S) groups is 1. The summed E-state index contributed by atoms with van der Waals surface area (Å²) in [5, 5.41) is 4.07. The Kier molecular flexibility index (Phi) is 3.21. The van der Waals surface area contributed by atoms with E-state index in [1.54, 1.807) is 0 Å². The van der Waals surface area contributed by atoms with E-state index in [2.05, 4.69) is 17.3 Å². The lowest BCUT2D eigenvalue weighted by Crippen LogP contribution is -2.43. The Morgan fingerprint density at radius 1 is 1.33 bits per heavy atom. The zero-order valence-electron chi connectivity index (χ0n) is 8.94. The van der Waals surface area contributed by atoms with Crippen LogP contribution in [0.4, 0.5) is 5.69 Å². The van der Waals surface area contributed by atoms with E-state index in [0.29, 0.717) is 6.04 Å². The fraction of sp³-hybridized carbons (Fsp3) is 0.417. The number of benzene rings is 1. The summed E-state index contributed by atoms with van der Waals surface area (Å²) in [4.78, 5) is 2.17. The van der Waals surface area contributed by atoms with E-state index in [9.17, 15) is 0 Å². The minimum absolute atomic E-state index is 0.647. The molecule has 1 saturated carbocycles. The van der Waals surface area contributed by atoms with E-state index in [1.165, 1.54) is 19.3 Å². The highest BCUT2D eigenvalue weighted by atomic mass is 32.1. The first kappa shape index (κ1) is 10.4. The molecule has 3 heteroatoms. The minimum atomic E-state index is 0.647. The third-order valence-corrected chi connectivity index (χ3v) is 3.36. The molecule has 1 fully saturated rings. The Morgan fingerprint density at radius 3 is 2.53 bits per heavy atom. The Hall–Kier alpha value is -1.09. The molecule has 1 N–H and O–H groups in total. The van der Waals surface area contributed by atoms with E-state index >= 15 is 0 Å². The van der Waals surface area contributed by atoms with Gasteiger partial charge in [0.2, 0.25) is 0 Å². The summed E-state index contributed by atoms with van der Waals surface area (Å²) in [6.45, 7) is 0. The van der Waals surface area contributed by atoms with Crippen LogP contribution in [0.25, 0.3) is 0 Å². The average Bonchev–Trinajstić information content (AvgIpc) is 2.16. The first-order chi connectivity index (χ1) is 7.27. The summed E-state index contributed by atoms with van der Waals surface area (Å²) in [6, 6.07) is 10.7. The van der Waals surface area contributed by atoms with Crippen LogP contribution in [0.2, 0.25) is 0 Å². The van der Waals surface area contributed by atoms with Gasteiger partial charge in [0.05, 0.1) is 0 Å². The van der Waals surface area contributed by atoms with Gasteiger partial charge in [-0.1, -0.05) is 18.2 Å². The molecule has 0 amide bonds. The molecule has 2 rings (SSSR count).